The van der Waals surface area contributed by atoms with E-state index in [-0.39, 0.29) is 23.9 Å². The third-order valence-corrected chi connectivity index (χ3v) is 2.35. The van der Waals surface area contributed by atoms with Crippen LogP contribution in [0.25, 0.3) is 0 Å². The summed E-state index contributed by atoms with van der Waals surface area (Å²) in [6.45, 7) is 3.93. The quantitative estimate of drug-likeness (QED) is 0.443. The monoisotopic (exact) mass is 220 g/mol. The number of hydrogen-bond donors (Lipinski definition) is 1. The predicted molar refractivity (Wildman–Crippen MR) is 57.4 cm³/mol. The van der Waals surface area contributed by atoms with Crippen LogP contribution >= 0.6 is 12.4 Å². The zero-order chi connectivity index (χ0) is 9.68. The summed E-state index contributed by atoms with van der Waals surface area (Å²) in [6, 6.07) is 0. The number of halogens is 1. The van der Waals surface area contributed by atoms with Crippen LogP contribution in [0.2, 0.25) is 0 Å². The van der Waals surface area contributed by atoms with Crippen LogP contribution in [0.5, 0.6) is 0 Å². The molecule has 0 saturated carbocycles. The maximum absolute atomic E-state index is 10.9. The SMILES string of the molecule is CC(=O)/C(CN1CCCCC1)=N/O.Cl. The Labute approximate surface area is 90.4 Å². The van der Waals surface area contributed by atoms with Gasteiger partial charge in [-0.2, -0.15) is 0 Å². The maximum Gasteiger partial charge on any atom is 0.178 e. The van der Waals surface area contributed by atoms with E-state index in [1.807, 2.05) is 0 Å². The average Bonchev–Trinajstić information content (AvgIpc) is 2.15. The van der Waals surface area contributed by atoms with Crippen LogP contribution in [0.4, 0.5) is 0 Å². The normalized spacial score (nSPS) is 18.8. The molecule has 1 aliphatic rings. The second kappa shape index (κ2) is 6.79. The van der Waals surface area contributed by atoms with E-state index < -0.39 is 0 Å². The van der Waals surface area contributed by atoms with Gasteiger partial charge in [-0.3, -0.25) is 9.69 Å². The molecule has 14 heavy (non-hydrogen) atoms. The predicted octanol–water partition coefficient (Wildman–Crippen LogP) is 1.31. The number of carbonyl (C=O) groups excluding carboxylic acids is 1. The molecule has 0 amide bonds. The third kappa shape index (κ3) is 4.07. The fourth-order valence-corrected chi connectivity index (χ4v) is 1.54. The Morgan fingerprint density at radius 1 is 1.36 bits per heavy atom. The number of carbonyl (C=O) groups is 1. The topological polar surface area (TPSA) is 52.9 Å². The van der Waals surface area contributed by atoms with Crippen molar-refractivity contribution in [1.82, 2.24) is 4.90 Å². The Kier molecular flexibility index (Phi) is 6.49. The molecule has 0 aromatic rings. The summed E-state index contributed by atoms with van der Waals surface area (Å²) in [6.07, 6.45) is 3.62. The van der Waals surface area contributed by atoms with E-state index in [4.69, 9.17) is 5.21 Å². The summed E-state index contributed by atoms with van der Waals surface area (Å²) < 4.78 is 0. The highest BCUT2D eigenvalue weighted by molar-refractivity contribution is 6.39. The zero-order valence-electron chi connectivity index (χ0n) is 8.40. The molecule has 1 heterocycles. The molecule has 0 radical (unpaired) electrons. The van der Waals surface area contributed by atoms with E-state index in [1.54, 1.807) is 0 Å². The number of rotatable bonds is 3. The number of nitrogens with zero attached hydrogens (tertiary/aromatic N) is 2. The smallest absolute Gasteiger partial charge is 0.178 e. The molecule has 0 spiro atoms. The van der Waals surface area contributed by atoms with Crippen molar-refractivity contribution >= 4 is 23.9 Å². The summed E-state index contributed by atoms with van der Waals surface area (Å²) in [5, 5.41) is 11.6. The molecule has 82 valence electrons. The highest BCUT2D eigenvalue weighted by Crippen LogP contribution is 2.08. The van der Waals surface area contributed by atoms with Crippen LogP contribution in [0, 0.1) is 0 Å². The lowest BCUT2D eigenvalue weighted by molar-refractivity contribution is -0.111. The van der Waals surface area contributed by atoms with Crippen molar-refractivity contribution in [3.05, 3.63) is 0 Å². The second-order valence-electron chi connectivity index (χ2n) is 3.44. The van der Waals surface area contributed by atoms with Gasteiger partial charge in [-0.25, -0.2) is 0 Å². The summed E-state index contributed by atoms with van der Waals surface area (Å²) >= 11 is 0. The summed E-state index contributed by atoms with van der Waals surface area (Å²) in [5.41, 5.74) is 0.266. The highest BCUT2D eigenvalue weighted by Gasteiger charge is 2.15. The van der Waals surface area contributed by atoms with Gasteiger partial charge in [-0.15, -0.1) is 12.4 Å². The van der Waals surface area contributed by atoms with Gasteiger partial charge < -0.3 is 5.21 Å². The van der Waals surface area contributed by atoms with Crippen LogP contribution in [0.3, 0.4) is 0 Å². The Balaban J connectivity index is 0.00000169. The number of piperidine rings is 1. The molecule has 1 N–H and O–H groups in total. The van der Waals surface area contributed by atoms with Gasteiger partial charge in [0.25, 0.3) is 0 Å². The largest absolute Gasteiger partial charge is 0.411 e. The fourth-order valence-electron chi connectivity index (χ4n) is 1.54. The standard InChI is InChI=1S/C9H16N2O2.ClH/c1-8(12)9(10-13)7-11-5-3-2-4-6-11;/h13H,2-7H2,1H3;1H/b10-9+;. The van der Waals surface area contributed by atoms with Crippen LogP contribution in [-0.2, 0) is 4.79 Å². The number of likely N-dealkylation sites (tertiary alicyclic amines) is 1. The van der Waals surface area contributed by atoms with Crippen LogP contribution in [-0.4, -0.2) is 41.2 Å². The Morgan fingerprint density at radius 3 is 2.36 bits per heavy atom. The molecule has 0 atom stereocenters. The van der Waals surface area contributed by atoms with Crippen LogP contribution in [0.15, 0.2) is 5.16 Å². The molecule has 4 nitrogen and oxygen atoms in total. The van der Waals surface area contributed by atoms with Crippen molar-refractivity contribution in [2.75, 3.05) is 19.6 Å². The molecule has 1 rings (SSSR count). The molecule has 1 aliphatic heterocycles. The van der Waals surface area contributed by atoms with Gasteiger partial charge in [0.2, 0.25) is 0 Å². The van der Waals surface area contributed by atoms with Crippen molar-refractivity contribution < 1.29 is 10.0 Å². The summed E-state index contributed by atoms with van der Waals surface area (Å²) in [7, 11) is 0. The van der Waals surface area contributed by atoms with Gasteiger partial charge >= 0.3 is 0 Å². The lowest BCUT2D eigenvalue weighted by Gasteiger charge is -2.25. The minimum atomic E-state index is -0.145. The second-order valence-corrected chi connectivity index (χ2v) is 3.44. The maximum atomic E-state index is 10.9. The zero-order valence-corrected chi connectivity index (χ0v) is 9.22. The van der Waals surface area contributed by atoms with Gasteiger partial charge in [0.05, 0.1) is 0 Å². The molecule has 0 bridgehead atoms. The molecule has 1 fully saturated rings. The minimum absolute atomic E-state index is 0. The van der Waals surface area contributed by atoms with Gasteiger partial charge in [0.15, 0.2) is 5.78 Å². The van der Waals surface area contributed by atoms with Gasteiger partial charge in [-0.05, 0) is 25.9 Å². The summed E-state index contributed by atoms with van der Waals surface area (Å²) in [5.74, 6) is -0.145. The number of Topliss-reactive ketones (excluding diaryl/α,β-unsaturated/α-hetero) is 1. The van der Waals surface area contributed by atoms with E-state index in [9.17, 15) is 4.79 Å². The average molecular weight is 221 g/mol. The van der Waals surface area contributed by atoms with Crippen LogP contribution in [0.1, 0.15) is 26.2 Å². The van der Waals surface area contributed by atoms with Crippen molar-refractivity contribution in [2.45, 2.75) is 26.2 Å². The Bertz CT molecular complexity index is 213. The Morgan fingerprint density at radius 2 is 1.93 bits per heavy atom. The van der Waals surface area contributed by atoms with E-state index in [1.165, 1.54) is 26.2 Å². The van der Waals surface area contributed by atoms with Gasteiger partial charge in [0.1, 0.15) is 5.71 Å². The first-order chi connectivity index (χ1) is 6.24. The van der Waals surface area contributed by atoms with Gasteiger partial charge in [0, 0.05) is 13.5 Å². The number of ketones is 1. The first-order valence-corrected chi connectivity index (χ1v) is 4.68. The van der Waals surface area contributed by atoms with Gasteiger partial charge in [-0.1, -0.05) is 11.6 Å². The number of oxime groups is 1. The molecule has 5 heteroatoms. The minimum Gasteiger partial charge on any atom is -0.411 e. The highest BCUT2D eigenvalue weighted by atomic mass is 35.5. The van der Waals surface area contributed by atoms with E-state index >= 15 is 0 Å². The first-order valence-electron chi connectivity index (χ1n) is 4.68. The molecular weight excluding hydrogens is 204 g/mol. The lowest BCUT2D eigenvalue weighted by atomic mass is 10.1. The Hall–Kier alpha value is -0.610. The molecule has 1 saturated heterocycles. The molecular formula is C9H17ClN2O2. The summed E-state index contributed by atoms with van der Waals surface area (Å²) in [4.78, 5) is 13.1. The van der Waals surface area contributed by atoms with Crippen molar-refractivity contribution in [3.63, 3.8) is 0 Å². The molecule has 0 unspecified atom stereocenters. The lowest BCUT2D eigenvalue weighted by Crippen LogP contribution is -2.36. The fraction of sp³-hybridized carbons (Fsp3) is 0.778. The molecule has 0 aromatic heterocycles. The molecule has 0 aliphatic carbocycles. The number of hydrogen-bond acceptors (Lipinski definition) is 4. The van der Waals surface area contributed by atoms with Crippen molar-refractivity contribution in [1.29, 1.82) is 0 Å². The third-order valence-electron chi connectivity index (χ3n) is 2.35. The molecule has 0 aromatic carbocycles. The van der Waals surface area contributed by atoms with E-state index in [0.717, 1.165) is 13.1 Å². The van der Waals surface area contributed by atoms with Crippen LogP contribution < -0.4 is 0 Å². The first kappa shape index (κ1) is 13.4. The van der Waals surface area contributed by atoms with Crippen molar-refractivity contribution in [2.24, 2.45) is 5.16 Å². The van der Waals surface area contributed by atoms with Crippen molar-refractivity contribution in [3.8, 4) is 0 Å². The van der Waals surface area contributed by atoms with E-state index in [2.05, 4.69) is 10.1 Å². The van der Waals surface area contributed by atoms with E-state index in [0.29, 0.717) is 6.54 Å².